The van der Waals surface area contributed by atoms with Crippen LogP contribution in [0.15, 0.2) is 48.5 Å². The molecule has 3 nitrogen and oxygen atoms in total. The highest BCUT2D eigenvalue weighted by Crippen LogP contribution is 2.42. The normalized spacial score (nSPS) is 15.7. The van der Waals surface area contributed by atoms with E-state index in [1.165, 1.54) is 28.7 Å². The van der Waals surface area contributed by atoms with Crippen LogP contribution in [0.25, 0.3) is 0 Å². The summed E-state index contributed by atoms with van der Waals surface area (Å²) in [6, 6.07) is 18.2. The Labute approximate surface area is 215 Å². The Balaban J connectivity index is 1.42. The van der Waals surface area contributed by atoms with Crippen LogP contribution in [-0.2, 0) is 33.2 Å². The van der Waals surface area contributed by atoms with E-state index in [-0.39, 0.29) is 6.29 Å². The molecule has 0 bridgehead atoms. The molecule has 0 saturated carbocycles. The molecule has 35 heavy (non-hydrogen) atoms. The van der Waals surface area contributed by atoms with E-state index in [9.17, 15) is 0 Å². The van der Waals surface area contributed by atoms with Gasteiger partial charge in [-0.3, -0.25) is 0 Å². The molecule has 1 saturated heterocycles. The van der Waals surface area contributed by atoms with Crippen LogP contribution in [-0.4, -0.2) is 28.0 Å². The van der Waals surface area contributed by atoms with Gasteiger partial charge >= 0.3 is 0 Å². The number of ether oxygens (including phenoxy) is 2. The SMILES string of the molecule is CC(Cc1ccc(CC2OCO2)cc1)c1ccc(CCCCO[Si](C(C)C)(C(C)C)C(C)C)cc1. The summed E-state index contributed by atoms with van der Waals surface area (Å²) in [6.07, 6.45) is 5.31. The zero-order valence-electron chi connectivity index (χ0n) is 23.2. The minimum absolute atomic E-state index is 0.0543. The lowest BCUT2D eigenvalue weighted by molar-refractivity contribution is -0.318. The molecule has 1 aliphatic rings. The average Bonchev–Trinajstić information content (AvgIpc) is 2.79. The highest BCUT2D eigenvalue weighted by molar-refractivity contribution is 6.77. The predicted molar refractivity (Wildman–Crippen MR) is 149 cm³/mol. The van der Waals surface area contributed by atoms with Crippen molar-refractivity contribution in [2.45, 2.75) is 109 Å². The molecule has 1 atom stereocenters. The third-order valence-corrected chi connectivity index (χ3v) is 14.1. The molecule has 194 valence electrons. The van der Waals surface area contributed by atoms with Crippen LogP contribution in [0.4, 0.5) is 0 Å². The zero-order chi connectivity index (χ0) is 25.4. The first-order chi connectivity index (χ1) is 16.7. The monoisotopic (exact) mass is 496 g/mol. The molecule has 0 radical (unpaired) electrons. The number of aryl methyl sites for hydroxylation is 1. The van der Waals surface area contributed by atoms with Gasteiger partial charge in [-0.2, -0.15) is 0 Å². The largest absolute Gasteiger partial charge is 0.416 e. The Morgan fingerprint density at radius 1 is 0.743 bits per heavy atom. The lowest BCUT2D eigenvalue weighted by atomic mass is 9.92. The fourth-order valence-electron chi connectivity index (χ4n) is 5.95. The van der Waals surface area contributed by atoms with Gasteiger partial charge in [0.1, 0.15) is 0 Å². The van der Waals surface area contributed by atoms with E-state index in [0.717, 1.165) is 32.3 Å². The van der Waals surface area contributed by atoms with Crippen LogP contribution >= 0.6 is 0 Å². The van der Waals surface area contributed by atoms with Gasteiger partial charge in [-0.1, -0.05) is 97.0 Å². The average molecular weight is 497 g/mol. The van der Waals surface area contributed by atoms with Crippen LogP contribution in [0.2, 0.25) is 16.6 Å². The number of hydrogen-bond donors (Lipinski definition) is 0. The van der Waals surface area contributed by atoms with Crippen molar-refractivity contribution in [1.29, 1.82) is 0 Å². The highest BCUT2D eigenvalue weighted by Gasteiger charge is 2.44. The highest BCUT2D eigenvalue weighted by atomic mass is 28.4. The number of benzene rings is 2. The van der Waals surface area contributed by atoms with Gasteiger partial charge in [-0.25, -0.2) is 0 Å². The molecule has 2 aromatic rings. The summed E-state index contributed by atoms with van der Waals surface area (Å²) in [6.45, 7) is 17.9. The molecule has 1 aliphatic heterocycles. The molecule has 0 aliphatic carbocycles. The first-order valence-corrected chi connectivity index (χ1v) is 15.9. The van der Waals surface area contributed by atoms with E-state index in [1.807, 2.05) is 0 Å². The van der Waals surface area contributed by atoms with E-state index in [2.05, 4.69) is 97.0 Å². The first-order valence-electron chi connectivity index (χ1n) is 13.8. The second-order valence-electron chi connectivity index (χ2n) is 11.4. The van der Waals surface area contributed by atoms with Crippen molar-refractivity contribution in [2.75, 3.05) is 13.4 Å². The Morgan fingerprint density at radius 2 is 1.29 bits per heavy atom. The lowest BCUT2D eigenvalue weighted by Gasteiger charge is -2.42. The van der Waals surface area contributed by atoms with E-state index >= 15 is 0 Å². The quantitative estimate of drug-likeness (QED) is 0.194. The maximum absolute atomic E-state index is 6.72. The summed E-state index contributed by atoms with van der Waals surface area (Å²) in [5, 5.41) is 0. The lowest BCUT2D eigenvalue weighted by Crippen LogP contribution is -2.47. The van der Waals surface area contributed by atoms with Crippen LogP contribution in [0.3, 0.4) is 0 Å². The third kappa shape index (κ3) is 7.52. The summed E-state index contributed by atoms with van der Waals surface area (Å²) < 4.78 is 17.4. The summed E-state index contributed by atoms with van der Waals surface area (Å²) in [5.74, 6) is 0.503. The van der Waals surface area contributed by atoms with E-state index in [0.29, 0.717) is 29.3 Å². The molecular weight excluding hydrogens is 448 g/mol. The summed E-state index contributed by atoms with van der Waals surface area (Å²) in [4.78, 5) is 0. The molecular formula is C31H48O3Si. The van der Waals surface area contributed by atoms with Gasteiger partial charge in [0.15, 0.2) is 21.4 Å². The van der Waals surface area contributed by atoms with Crippen LogP contribution in [0.1, 0.15) is 89.5 Å². The van der Waals surface area contributed by atoms with Crippen molar-refractivity contribution in [3.05, 3.63) is 70.8 Å². The van der Waals surface area contributed by atoms with Crippen LogP contribution in [0.5, 0.6) is 0 Å². The molecule has 0 N–H and O–H groups in total. The smallest absolute Gasteiger partial charge is 0.200 e. The number of unbranched alkanes of at least 4 members (excludes halogenated alkanes) is 1. The minimum atomic E-state index is -1.73. The third-order valence-electron chi connectivity index (χ3n) is 7.94. The maximum Gasteiger partial charge on any atom is 0.200 e. The Bertz CT molecular complexity index is 847. The predicted octanol–water partition coefficient (Wildman–Crippen LogP) is 8.42. The summed E-state index contributed by atoms with van der Waals surface area (Å²) in [7, 11) is -1.73. The molecule has 3 rings (SSSR count). The van der Waals surface area contributed by atoms with Crippen LogP contribution in [0, 0.1) is 0 Å². The van der Waals surface area contributed by atoms with Gasteiger partial charge in [0, 0.05) is 13.0 Å². The molecule has 0 spiro atoms. The Kier molecular flexibility index (Phi) is 10.6. The standard InChI is InChI=1S/C31H48O3Si/c1-23(2)35(24(3)4,25(5)6)34-19-9-8-10-27-15-17-30(18-16-27)26(7)20-28-11-13-29(14-12-28)21-31-32-22-33-31/h11-18,23-26,31H,8-10,19-22H2,1-7H3. The van der Waals surface area contributed by atoms with Crippen molar-refractivity contribution in [2.24, 2.45) is 0 Å². The zero-order valence-corrected chi connectivity index (χ0v) is 24.2. The van der Waals surface area contributed by atoms with Gasteiger partial charge in [0.2, 0.25) is 0 Å². The summed E-state index contributed by atoms with van der Waals surface area (Å²) in [5.41, 5.74) is 7.48. The second-order valence-corrected chi connectivity index (χ2v) is 16.8. The van der Waals surface area contributed by atoms with Gasteiger partial charge in [0.25, 0.3) is 0 Å². The molecule has 2 aromatic carbocycles. The van der Waals surface area contributed by atoms with E-state index < -0.39 is 8.32 Å². The van der Waals surface area contributed by atoms with Crippen molar-refractivity contribution in [3.63, 3.8) is 0 Å². The first kappa shape index (κ1) is 28.1. The van der Waals surface area contributed by atoms with Gasteiger partial charge < -0.3 is 13.9 Å². The molecule has 1 fully saturated rings. The fraction of sp³-hybridized carbons (Fsp3) is 0.613. The van der Waals surface area contributed by atoms with Gasteiger partial charge in [-0.05, 0) is 70.5 Å². The minimum Gasteiger partial charge on any atom is -0.416 e. The van der Waals surface area contributed by atoms with E-state index in [1.54, 1.807) is 0 Å². The second kappa shape index (κ2) is 13.2. The topological polar surface area (TPSA) is 27.7 Å². The van der Waals surface area contributed by atoms with Crippen molar-refractivity contribution >= 4 is 8.32 Å². The number of hydrogen-bond acceptors (Lipinski definition) is 3. The van der Waals surface area contributed by atoms with Crippen molar-refractivity contribution in [3.8, 4) is 0 Å². The van der Waals surface area contributed by atoms with E-state index in [4.69, 9.17) is 13.9 Å². The molecule has 1 unspecified atom stereocenters. The van der Waals surface area contributed by atoms with Crippen molar-refractivity contribution < 1.29 is 13.9 Å². The molecule has 1 heterocycles. The molecule has 0 amide bonds. The fourth-order valence-corrected chi connectivity index (χ4v) is 11.4. The maximum atomic E-state index is 6.72. The number of rotatable bonds is 14. The summed E-state index contributed by atoms with van der Waals surface area (Å²) >= 11 is 0. The Hall–Kier alpha value is -1.46. The van der Waals surface area contributed by atoms with Gasteiger partial charge in [-0.15, -0.1) is 0 Å². The van der Waals surface area contributed by atoms with Gasteiger partial charge in [0.05, 0.1) is 0 Å². The van der Waals surface area contributed by atoms with Crippen LogP contribution < -0.4 is 0 Å². The van der Waals surface area contributed by atoms with Crippen molar-refractivity contribution in [1.82, 2.24) is 0 Å². The Morgan fingerprint density at radius 3 is 1.80 bits per heavy atom. The molecule has 4 heteroatoms. The molecule has 0 aromatic heterocycles.